The average molecular weight is 332 g/mol. The van der Waals surface area contributed by atoms with Gasteiger partial charge in [-0.05, 0) is 12.1 Å². The van der Waals surface area contributed by atoms with Crippen molar-refractivity contribution in [2.24, 2.45) is 5.73 Å². The van der Waals surface area contributed by atoms with Crippen LogP contribution in [-0.4, -0.2) is 36.9 Å². The zero-order valence-electron chi connectivity index (χ0n) is 11.2. The molecule has 2 rings (SSSR count). The van der Waals surface area contributed by atoms with Crippen LogP contribution in [0.15, 0.2) is 23.1 Å². The minimum Gasteiger partial charge on any atom is -0.448 e. The van der Waals surface area contributed by atoms with E-state index in [4.69, 9.17) is 22.1 Å². The Morgan fingerprint density at radius 1 is 1.48 bits per heavy atom. The van der Waals surface area contributed by atoms with E-state index >= 15 is 0 Å². The van der Waals surface area contributed by atoms with Crippen LogP contribution in [0.2, 0.25) is 0 Å². The topological polar surface area (TPSA) is 104 Å². The molecule has 0 saturated heterocycles. The quantitative estimate of drug-likeness (QED) is 0.831. The molecule has 114 valence electrons. The molecular formula is C12H14ClN3O4S. The molecule has 1 amide bonds. The molecule has 0 saturated carbocycles. The number of halogens is 1. The maximum atomic E-state index is 11.8. The summed E-state index contributed by atoms with van der Waals surface area (Å²) in [5.74, 6) is 0.602. The number of carbonyl (C=O) groups excluding carboxylic acids is 1. The molecule has 0 spiro atoms. The molecule has 0 radical (unpaired) electrons. The zero-order chi connectivity index (χ0) is 15.6. The van der Waals surface area contributed by atoms with Gasteiger partial charge in [0.25, 0.3) is 0 Å². The molecule has 0 fully saturated rings. The molecule has 0 aliphatic heterocycles. The van der Waals surface area contributed by atoms with E-state index in [0.717, 1.165) is 6.26 Å². The Bertz CT molecular complexity index is 785. The van der Waals surface area contributed by atoms with Crippen molar-refractivity contribution in [1.29, 1.82) is 0 Å². The van der Waals surface area contributed by atoms with Crippen LogP contribution < -0.4 is 5.73 Å². The van der Waals surface area contributed by atoms with Crippen molar-refractivity contribution in [2.75, 3.05) is 12.9 Å². The first-order chi connectivity index (χ1) is 9.84. The summed E-state index contributed by atoms with van der Waals surface area (Å²) < 4.78 is 30.0. The van der Waals surface area contributed by atoms with Crippen molar-refractivity contribution in [2.45, 2.75) is 17.3 Å². The number of ether oxygens (including phenoxy) is 1. The Balaban J connectivity index is 2.52. The molecule has 0 unspecified atom stereocenters. The summed E-state index contributed by atoms with van der Waals surface area (Å²) in [5, 5.41) is 0. The number of imidazole rings is 1. The van der Waals surface area contributed by atoms with Gasteiger partial charge in [0, 0.05) is 6.26 Å². The Morgan fingerprint density at radius 2 is 2.19 bits per heavy atom. The number of benzene rings is 1. The smallest absolute Gasteiger partial charge is 0.404 e. The van der Waals surface area contributed by atoms with Gasteiger partial charge in [-0.2, -0.15) is 0 Å². The molecule has 1 aromatic heterocycles. The minimum absolute atomic E-state index is 0.0494. The number of hydrogen-bond acceptors (Lipinski definition) is 5. The van der Waals surface area contributed by atoms with Gasteiger partial charge in [-0.3, -0.25) is 0 Å². The zero-order valence-corrected chi connectivity index (χ0v) is 12.8. The van der Waals surface area contributed by atoms with Crippen LogP contribution in [0.25, 0.3) is 11.0 Å². The lowest BCUT2D eigenvalue weighted by Gasteiger charge is -2.07. The van der Waals surface area contributed by atoms with Gasteiger partial charge in [-0.1, -0.05) is 6.07 Å². The third-order valence-corrected chi connectivity index (χ3v) is 4.27. The van der Waals surface area contributed by atoms with E-state index in [-0.39, 0.29) is 23.9 Å². The number of alkyl halides is 1. The van der Waals surface area contributed by atoms with E-state index in [1.807, 2.05) is 0 Å². The highest BCUT2D eigenvalue weighted by atomic mass is 35.5. The number of primary amides is 1. The third-order valence-electron chi connectivity index (χ3n) is 2.90. The average Bonchev–Trinajstić information content (AvgIpc) is 2.75. The maximum Gasteiger partial charge on any atom is 0.404 e. The molecule has 7 nitrogen and oxygen atoms in total. The molecule has 1 heterocycles. The fourth-order valence-corrected chi connectivity index (χ4v) is 3.09. The molecule has 0 aliphatic carbocycles. The number of para-hydroxylation sites is 1. The number of carbonyl (C=O) groups is 1. The fourth-order valence-electron chi connectivity index (χ4n) is 2.06. The van der Waals surface area contributed by atoms with E-state index in [0.29, 0.717) is 16.9 Å². The first-order valence-electron chi connectivity index (χ1n) is 6.01. The Labute approximate surface area is 126 Å². The molecule has 0 aliphatic rings. The van der Waals surface area contributed by atoms with Gasteiger partial charge in [-0.25, -0.2) is 18.2 Å². The van der Waals surface area contributed by atoms with Crippen molar-refractivity contribution in [1.82, 2.24) is 9.55 Å². The number of hydrogen-bond donors (Lipinski definition) is 1. The first-order valence-corrected chi connectivity index (χ1v) is 8.43. The summed E-state index contributed by atoms with van der Waals surface area (Å²) >= 11 is 5.85. The standard InChI is InChI=1S/C12H14ClN3O4S/c1-21(18,19)9-4-2-3-8-11(9)15-10(7-13)16(8)5-6-20-12(14)17/h2-4H,5-7H2,1H3,(H2,14,17). The van der Waals surface area contributed by atoms with Gasteiger partial charge in [0.05, 0.1) is 22.8 Å². The molecule has 21 heavy (non-hydrogen) atoms. The van der Waals surface area contributed by atoms with Crippen LogP contribution in [0.3, 0.4) is 0 Å². The van der Waals surface area contributed by atoms with Crippen molar-refractivity contribution < 1.29 is 17.9 Å². The molecule has 0 bridgehead atoms. The largest absolute Gasteiger partial charge is 0.448 e. The number of nitrogens with zero attached hydrogens (tertiary/aromatic N) is 2. The Kier molecular flexibility index (Phi) is 4.38. The van der Waals surface area contributed by atoms with Gasteiger partial charge < -0.3 is 15.0 Å². The molecule has 2 aromatic rings. The van der Waals surface area contributed by atoms with Crippen molar-refractivity contribution in [3.05, 3.63) is 24.0 Å². The highest BCUT2D eigenvalue weighted by Crippen LogP contribution is 2.24. The van der Waals surface area contributed by atoms with Crippen molar-refractivity contribution in [3.8, 4) is 0 Å². The number of aromatic nitrogens is 2. The second-order valence-electron chi connectivity index (χ2n) is 4.38. The summed E-state index contributed by atoms with van der Waals surface area (Å²) in [4.78, 5) is 15.0. The van der Waals surface area contributed by atoms with Crippen LogP contribution in [0.5, 0.6) is 0 Å². The second-order valence-corrected chi connectivity index (χ2v) is 6.63. The molecule has 9 heteroatoms. The van der Waals surface area contributed by atoms with Gasteiger partial charge in [0.2, 0.25) is 0 Å². The predicted molar refractivity (Wildman–Crippen MR) is 77.9 cm³/mol. The monoisotopic (exact) mass is 331 g/mol. The van der Waals surface area contributed by atoms with E-state index < -0.39 is 15.9 Å². The number of rotatable bonds is 5. The Morgan fingerprint density at radius 3 is 2.76 bits per heavy atom. The number of amides is 1. The summed E-state index contributed by atoms with van der Waals surface area (Å²) in [6.07, 6.45) is 0.251. The maximum absolute atomic E-state index is 11.8. The number of sulfone groups is 1. The number of nitrogens with two attached hydrogens (primary N) is 1. The lowest BCUT2D eigenvalue weighted by molar-refractivity contribution is 0.152. The SMILES string of the molecule is CS(=O)(=O)c1cccc2c1nc(CCl)n2CCOC(N)=O. The summed E-state index contributed by atoms with van der Waals surface area (Å²) in [7, 11) is -3.40. The van der Waals surface area contributed by atoms with Crippen molar-refractivity contribution >= 4 is 38.6 Å². The lowest BCUT2D eigenvalue weighted by atomic mass is 10.3. The summed E-state index contributed by atoms with van der Waals surface area (Å²) in [6.45, 7) is 0.336. The fraction of sp³-hybridized carbons (Fsp3) is 0.333. The molecular weight excluding hydrogens is 318 g/mol. The Hall–Kier alpha value is -1.80. The van der Waals surface area contributed by atoms with E-state index in [9.17, 15) is 13.2 Å². The summed E-state index contributed by atoms with van der Waals surface area (Å²) in [6, 6.07) is 4.86. The van der Waals surface area contributed by atoms with Crippen LogP contribution in [-0.2, 0) is 27.0 Å². The van der Waals surface area contributed by atoms with E-state index in [2.05, 4.69) is 4.98 Å². The van der Waals surface area contributed by atoms with Gasteiger partial charge in [0.1, 0.15) is 17.9 Å². The van der Waals surface area contributed by atoms with E-state index in [1.165, 1.54) is 6.07 Å². The highest BCUT2D eigenvalue weighted by molar-refractivity contribution is 7.91. The highest BCUT2D eigenvalue weighted by Gasteiger charge is 2.18. The second kappa shape index (κ2) is 5.90. The summed E-state index contributed by atoms with van der Waals surface area (Å²) in [5.41, 5.74) is 5.87. The van der Waals surface area contributed by atoms with Crippen molar-refractivity contribution in [3.63, 3.8) is 0 Å². The van der Waals surface area contributed by atoms with Crippen LogP contribution in [0.4, 0.5) is 4.79 Å². The van der Waals surface area contributed by atoms with Crippen LogP contribution in [0.1, 0.15) is 5.82 Å². The normalized spacial score (nSPS) is 11.7. The van der Waals surface area contributed by atoms with Crippen LogP contribution in [0, 0.1) is 0 Å². The molecule has 0 atom stereocenters. The van der Waals surface area contributed by atoms with Crippen LogP contribution >= 0.6 is 11.6 Å². The molecule has 2 N–H and O–H groups in total. The molecule has 1 aromatic carbocycles. The number of fused-ring (bicyclic) bond motifs is 1. The lowest BCUT2D eigenvalue weighted by Crippen LogP contribution is -2.17. The van der Waals surface area contributed by atoms with Gasteiger partial charge >= 0.3 is 6.09 Å². The van der Waals surface area contributed by atoms with Gasteiger partial charge in [-0.15, -0.1) is 11.6 Å². The van der Waals surface area contributed by atoms with E-state index in [1.54, 1.807) is 16.7 Å². The van der Waals surface area contributed by atoms with Gasteiger partial charge in [0.15, 0.2) is 9.84 Å². The minimum atomic E-state index is -3.40. The predicted octanol–water partition coefficient (Wildman–Crippen LogP) is 1.27. The third kappa shape index (κ3) is 3.27. The first kappa shape index (κ1) is 15.6.